The first-order valence-electron chi connectivity index (χ1n) is 7.67. The number of ether oxygens (including phenoxy) is 1. The summed E-state index contributed by atoms with van der Waals surface area (Å²) < 4.78 is 7.34. The molecule has 3 heterocycles. The third kappa shape index (κ3) is 2.39. The Bertz CT molecular complexity index is 908. The third-order valence-electron chi connectivity index (χ3n) is 4.12. The molecule has 3 aromatic rings. The minimum absolute atomic E-state index is 0.197. The monoisotopic (exact) mass is 341 g/mol. The van der Waals surface area contributed by atoms with E-state index in [0.29, 0.717) is 16.5 Å². The summed E-state index contributed by atoms with van der Waals surface area (Å²) in [6, 6.07) is 9.42. The van der Waals surface area contributed by atoms with E-state index in [4.69, 9.17) is 16.3 Å². The summed E-state index contributed by atoms with van der Waals surface area (Å²) in [7, 11) is 1.63. The van der Waals surface area contributed by atoms with Crippen molar-refractivity contribution in [3.63, 3.8) is 0 Å². The smallest absolute Gasteiger partial charge is 0.187 e. The summed E-state index contributed by atoms with van der Waals surface area (Å²) in [5.41, 5.74) is 2.63. The number of fused-ring (bicyclic) bond motifs is 3. The lowest BCUT2D eigenvalue weighted by Gasteiger charge is -2.12. The molecular weight excluding hydrogens is 326 g/mol. The SMILES string of the molecule is COc1ccnc(-c2nnc3n2-c2ccc(Cl)cc2NC[C@H]3C)c1. The molecule has 122 valence electrons. The van der Waals surface area contributed by atoms with Gasteiger partial charge in [0, 0.05) is 29.7 Å². The minimum atomic E-state index is 0.197. The van der Waals surface area contributed by atoms with Crippen LogP contribution in [-0.2, 0) is 0 Å². The van der Waals surface area contributed by atoms with Crippen LogP contribution in [0.1, 0.15) is 18.7 Å². The van der Waals surface area contributed by atoms with Crippen molar-refractivity contribution < 1.29 is 4.74 Å². The van der Waals surface area contributed by atoms with E-state index in [-0.39, 0.29) is 5.92 Å². The maximum absolute atomic E-state index is 6.15. The summed E-state index contributed by atoms with van der Waals surface area (Å²) in [5.74, 6) is 2.50. The summed E-state index contributed by atoms with van der Waals surface area (Å²) >= 11 is 6.15. The number of nitrogens with zero attached hydrogens (tertiary/aromatic N) is 4. The van der Waals surface area contributed by atoms with Gasteiger partial charge in [-0.15, -0.1) is 10.2 Å². The van der Waals surface area contributed by atoms with Gasteiger partial charge in [-0.2, -0.15) is 0 Å². The van der Waals surface area contributed by atoms with Gasteiger partial charge in [-0.05, 0) is 24.3 Å². The van der Waals surface area contributed by atoms with Crippen molar-refractivity contribution in [2.45, 2.75) is 12.8 Å². The van der Waals surface area contributed by atoms with Crippen LogP contribution >= 0.6 is 11.6 Å². The normalized spacial score (nSPS) is 15.9. The fraction of sp³-hybridized carbons (Fsp3) is 0.235. The van der Waals surface area contributed by atoms with E-state index in [1.165, 1.54) is 0 Å². The minimum Gasteiger partial charge on any atom is -0.497 e. The molecule has 2 aromatic heterocycles. The number of methoxy groups -OCH3 is 1. The largest absolute Gasteiger partial charge is 0.497 e. The number of anilines is 1. The van der Waals surface area contributed by atoms with Gasteiger partial charge in [0.1, 0.15) is 17.3 Å². The van der Waals surface area contributed by atoms with Gasteiger partial charge in [0.2, 0.25) is 0 Å². The Balaban J connectivity index is 1.96. The molecule has 4 rings (SSSR count). The Kier molecular flexibility index (Phi) is 3.61. The van der Waals surface area contributed by atoms with Crippen LogP contribution in [0.5, 0.6) is 5.75 Å². The number of hydrogen-bond donors (Lipinski definition) is 1. The highest BCUT2D eigenvalue weighted by atomic mass is 35.5. The predicted molar refractivity (Wildman–Crippen MR) is 93.1 cm³/mol. The zero-order valence-corrected chi connectivity index (χ0v) is 14.1. The Hall–Kier alpha value is -2.60. The highest BCUT2D eigenvalue weighted by Gasteiger charge is 2.25. The lowest BCUT2D eigenvalue weighted by Crippen LogP contribution is -2.09. The number of benzene rings is 1. The molecule has 1 aromatic carbocycles. The average molecular weight is 342 g/mol. The van der Waals surface area contributed by atoms with E-state index in [2.05, 4.69) is 27.4 Å². The Labute approximate surface area is 144 Å². The first kappa shape index (κ1) is 15.0. The van der Waals surface area contributed by atoms with Crippen molar-refractivity contribution in [3.05, 3.63) is 47.4 Å². The van der Waals surface area contributed by atoms with Crippen molar-refractivity contribution in [1.29, 1.82) is 0 Å². The van der Waals surface area contributed by atoms with Crippen molar-refractivity contribution in [1.82, 2.24) is 19.7 Å². The molecule has 1 aliphatic heterocycles. The fourth-order valence-electron chi connectivity index (χ4n) is 2.88. The summed E-state index contributed by atoms with van der Waals surface area (Å²) in [6.45, 7) is 2.88. The van der Waals surface area contributed by atoms with E-state index >= 15 is 0 Å². The van der Waals surface area contributed by atoms with Crippen molar-refractivity contribution >= 4 is 17.3 Å². The molecule has 6 nitrogen and oxygen atoms in total. The third-order valence-corrected chi connectivity index (χ3v) is 4.36. The standard InChI is InChI=1S/C17H16ClN5O/c1-10-9-20-13-7-11(18)3-4-15(13)23-16(10)21-22-17(23)14-8-12(24-2)5-6-19-14/h3-8,10,20H,9H2,1-2H3/t10-/m1/s1. The molecule has 0 saturated carbocycles. The molecule has 7 heteroatoms. The Morgan fingerprint density at radius 2 is 2.12 bits per heavy atom. The van der Waals surface area contributed by atoms with E-state index in [1.54, 1.807) is 19.4 Å². The zero-order valence-electron chi connectivity index (χ0n) is 13.3. The second kappa shape index (κ2) is 5.79. The highest BCUT2D eigenvalue weighted by Crippen LogP contribution is 2.34. The zero-order chi connectivity index (χ0) is 16.7. The van der Waals surface area contributed by atoms with Crippen LogP contribution < -0.4 is 10.1 Å². The second-order valence-corrected chi connectivity index (χ2v) is 6.18. The van der Waals surface area contributed by atoms with Crippen LogP contribution in [0.25, 0.3) is 17.2 Å². The first-order valence-corrected chi connectivity index (χ1v) is 8.04. The van der Waals surface area contributed by atoms with E-state index in [1.807, 2.05) is 28.8 Å². The lowest BCUT2D eigenvalue weighted by molar-refractivity contribution is 0.414. The quantitative estimate of drug-likeness (QED) is 0.772. The lowest BCUT2D eigenvalue weighted by atomic mass is 10.1. The first-order chi connectivity index (χ1) is 11.7. The number of rotatable bonds is 2. The number of pyridine rings is 1. The van der Waals surface area contributed by atoms with Gasteiger partial charge < -0.3 is 10.1 Å². The van der Waals surface area contributed by atoms with Gasteiger partial charge in [0.25, 0.3) is 0 Å². The van der Waals surface area contributed by atoms with Gasteiger partial charge in [-0.25, -0.2) is 0 Å². The summed E-state index contributed by atoms with van der Waals surface area (Å²) in [6.07, 6.45) is 1.71. The predicted octanol–water partition coefficient (Wildman–Crippen LogP) is 3.52. The van der Waals surface area contributed by atoms with Gasteiger partial charge in [-0.1, -0.05) is 18.5 Å². The fourth-order valence-corrected chi connectivity index (χ4v) is 3.05. The summed E-state index contributed by atoms with van der Waals surface area (Å²) in [5, 5.41) is 12.9. The van der Waals surface area contributed by atoms with Crippen molar-refractivity contribution in [2.24, 2.45) is 0 Å². The molecule has 0 saturated heterocycles. The van der Waals surface area contributed by atoms with Crippen LogP contribution in [0.3, 0.4) is 0 Å². The van der Waals surface area contributed by atoms with Gasteiger partial charge in [0.15, 0.2) is 5.82 Å². The number of aromatic nitrogens is 4. The van der Waals surface area contributed by atoms with Gasteiger partial charge >= 0.3 is 0 Å². The van der Waals surface area contributed by atoms with Crippen LogP contribution in [0.15, 0.2) is 36.5 Å². The number of hydrogen-bond acceptors (Lipinski definition) is 5. The highest BCUT2D eigenvalue weighted by molar-refractivity contribution is 6.31. The van der Waals surface area contributed by atoms with Crippen molar-refractivity contribution in [3.8, 4) is 23.0 Å². The molecule has 0 spiro atoms. The molecule has 24 heavy (non-hydrogen) atoms. The van der Waals surface area contributed by atoms with Crippen molar-refractivity contribution in [2.75, 3.05) is 19.0 Å². The number of nitrogens with one attached hydrogen (secondary N) is 1. The molecule has 1 atom stereocenters. The van der Waals surface area contributed by atoms with Gasteiger partial charge in [-0.3, -0.25) is 9.55 Å². The molecule has 1 aliphatic rings. The molecule has 1 N–H and O–H groups in total. The molecule has 0 amide bonds. The Morgan fingerprint density at radius 3 is 2.96 bits per heavy atom. The average Bonchev–Trinajstić information content (AvgIpc) is 2.99. The second-order valence-electron chi connectivity index (χ2n) is 5.74. The maximum Gasteiger partial charge on any atom is 0.187 e. The topological polar surface area (TPSA) is 64.9 Å². The molecule has 0 radical (unpaired) electrons. The summed E-state index contributed by atoms with van der Waals surface area (Å²) in [4.78, 5) is 4.43. The van der Waals surface area contributed by atoms with Crippen LogP contribution in [0.4, 0.5) is 5.69 Å². The molecule has 0 aliphatic carbocycles. The maximum atomic E-state index is 6.15. The van der Waals surface area contributed by atoms with Crippen LogP contribution in [-0.4, -0.2) is 33.4 Å². The molecule has 0 bridgehead atoms. The molecular formula is C17H16ClN5O. The van der Waals surface area contributed by atoms with E-state index in [9.17, 15) is 0 Å². The van der Waals surface area contributed by atoms with E-state index < -0.39 is 0 Å². The van der Waals surface area contributed by atoms with E-state index in [0.717, 1.165) is 29.5 Å². The van der Waals surface area contributed by atoms with Crippen LogP contribution in [0, 0.1) is 0 Å². The number of halogens is 1. The van der Waals surface area contributed by atoms with Gasteiger partial charge in [0.05, 0.1) is 18.5 Å². The van der Waals surface area contributed by atoms with Crippen LogP contribution in [0.2, 0.25) is 5.02 Å². The molecule has 0 unspecified atom stereocenters. The Morgan fingerprint density at radius 1 is 1.25 bits per heavy atom. The molecule has 0 fully saturated rings.